The maximum atomic E-state index is 5.32. The summed E-state index contributed by atoms with van der Waals surface area (Å²) in [4.78, 5) is 0. The number of nitrogens with two attached hydrogens (primary N) is 2. The number of hydrogen-bond acceptors (Lipinski definition) is 4. The molecule has 0 atom stereocenters. The van der Waals surface area contributed by atoms with Crippen LogP contribution in [-0.2, 0) is 0 Å². The van der Waals surface area contributed by atoms with Crippen LogP contribution in [0.25, 0.3) is 0 Å². The molecule has 1 aliphatic rings. The first-order valence-corrected chi connectivity index (χ1v) is 3.17. The summed E-state index contributed by atoms with van der Waals surface area (Å²) < 4.78 is 0. The molecule has 0 aromatic rings. The van der Waals surface area contributed by atoms with Crippen molar-refractivity contribution in [3.63, 3.8) is 0 Å². The van der Waals surface area contributed by atoms with E-state index < -0.39 is 0 Å². The average molecular weight is 128 g/mol. The molecular formula is C5H12N4. The maximum Gasteiger partial charge on any atom is 0.193 e. The van der Waals surface area contributed by atoms with Crippen molar-refractivity contribution in [2.45, 2.75) is 18.5 Å². The largest absolute Gasteiger partial charge is 0.330 e. The van der Waals surface area contributed by atoms with Crippen LogP contribution in [0.5, 0.6) is 0 Å². The second kappa shape index (κ2) is 2.41. The third-order valence-corrected chi connectivity index (χ3v) is 1.47. The van der Waals surface area contributed by atoms with Gasteiger partial charge in [0, 0.05) is 12.8 Å². The van der Waals surface area contributed by atoms with Crippen LogP contribution in [-0.4, -0.2) is 18.8 Å². The minimum Gasteiger partial charge on any atom is -0.330 e. The Hall–Kier alpha value is -0.480. The molecule has 1 heterocycles. The number of rotatable bonds is 4. The second-order valence-corrected chi connectivity index (χ2v) is 2.26. The van der Waals surface area contributed by atoms with Gasteiger partial charge in [-0.3, -0.25) is 0 Å². The van der Waals surface area contributed by atoms with Gasteiger partial charge in [-0.25, -0.2) is 0 Å². The molecule has 0 aliphatic carbocycles. The van der Waals surface area contributed by atoms with Crippen LogP contribution in [0, 0.1) is 0 Å². The number of nitrogens with zero attached hydrogens (tertiary/aromatic N) is 2. The predicted octanol–water partition coefficient (Wildman–Crippen LogP) is -0.154. The molecule has 0 spiro atoms. The van der Waals surface area contributed by atoms with E-state index >= 15 is 0 Å². The smallest absolute Gasteiger partial charge is 0.193 e. The van der Waals surface area contributed by atoms with Crippen molar-refractivity contribution in [2.75, 3.05) is 13.1 Å². The van der Waals surface area contributed by atoms with Crippen molar-refractivity contribution >= 4 is 0 Å². The predicted molar refractivity (Wildman–Crippen MR) is 34.9 cm³/mol. The van der Waals surface area contributed by atoms with Crippen LogP contribution in [0.4, 0.5) is 0 Å². The third-order valence-electron chi connectivity index (χ3n) is 1.47. The fourth-order valence-electron chi connectivity index (χ4n) is 0.858. The summed E-state index contributed by atoms with van der Waals surface area (Å²) in [7, 11) is 0. The normalized spacial score (nSPS) is 20.2. The Bertz CT molecular complexity index is 106. The highest BCUT2D eigenvalue weighted by molar-refractivity contribution is 4.93. The van der Waals surface area contributed by atoms with Gasteiger partial charge in [-0.15, -0.1) is 0 Å². The van der Waals surface area contributed by atoms with Crippen LogP contribution in [0.15, 0.2) is 10.2 Å². The molecule has 4 N–H and O–H groups in total. The molecular weight excluding hydrogens is 116 g/mol. The fraction of sp³-hybridized carbons (Fsp3) is 1.00. The molecule has 1 aliphatic heterocycles. The van der Waals surface area contributed by atoms with Gasteiger partial charge in [-0.2, -0.15) is 10.2 Å². The highest BCUT2D eigenvalue weighted by atomic mass is 15.4. The van der Waals surface area contributed by atoms with Crippen molar-refractivity contribution in [1.29, 1.82) is 0 Å². The van der Waals surface area contributed by atoms with Crippen LogP contribution < -0.4 is 11.5 Å². The van der Waals surface area contributed by atoms with Crippen molar-refractivity contribution in [3.8, 4) is 0 Å². The summed E-state index contributed by atoms with van der Waals surface area (Å²) >= 11 is 0. The zero-order valence-corrected chi connectivity index (χ0v) is 5.38. The molecule has 0 unspecified atom stereocenters. The van der Waals surface area contributed by atoms with Crippen LogP contribution in [0.2, 0.25) is 0 Å². The molecule has 0 amide bonds. The average Bonchev–Trinajstić information content (AvgIpc) is 2.51. The molecule has 0 saturated carbocycles. The molecule has 0 saturated heterocycles. The second-order valence-electron chi connectivity index (χ2n) is 2.26. The van der Waals surface area contributed by atoms with Gasteiger partial charge >= 0.3 is 0 Å². The molecule has 4 heteroatoms. The fourth-order valence-corrected chi connectivity index (χ4v) is 0.858. The van der Waals surface area contributed by atoms with Gasteiger partial charge in [-0.1, -0.05) is 0 Å². The van der Waals surface area contributed by atoms with Crippen LogP contribution >= 0.6 is 0 Å². The Kier molecular flexibility index (Phi) is 1.78. The van der Waals surface area contributed by atoms with E-state index in [1.807, 2.05) is 0 Å². The summed E-state index contributed by atoms with van der Waals surface area (Å²) in [5, 5.41) is 7.76. The minimum absolute atomic E-state index is 0.149. The molecule has 9 heavy (non-hydrogen) atoms. The first-order chi connectivity index (χ1) is 4.33. The lowest BCUT2D eigenvalue weighted by molar-refractivity contribution is 0.520. The van der Waals surface area contributed by atoms with Crippen LogP contribution in [0.3, 0.4) is 0 Å². The van der Waals surface area contributed by atoms with Crippen molar-refractivity contribution in [1.82, 2.24) is 0 Å². The van der Waals surface area contributed by atoms with E-state index in [1.54, 1.807) is 0 Å². The van der Waals surface area contributed by atoms with Gasteiger partial charge in [0.15, 0.2) is 5.66 Å². The van der Waals surface area contributed by atoms with Gasteiger partial charge in [0.2, 0.25) is 0 Å². The first-order valence-electron chi connectivity index (χ1n) is 3.17. The quantitative estimate of drug-likeness (QED) is 0.552. The van der Waals surface area contributed by atoms with E-state index in [9.17, 15) is 0 Å². The Labute approximate surface area is 54.3 Å². The highest BCUT2D eigenvalue weighted by Crippen LogP contribution is 2.33. The minimum atomic E-state index is -0.149. The summed E-state index contributed by atoms with van der Waals surface area (Å²) in [6.45, 7) is 1.29. The van der Waals surface area contributed by atoms with Gasteiger partial charge in [0.05, 0.1) is 0 Å². The summed E-state index contributed by atoms with van der Waals surface area (Å²) in [5.74, 6) is 0. The zero-order chi connectivity index (χ0) is 6.74. The molecule has 4 nitrogen and oxygen atoms in total. The van der Waals surface area contributed by atoms with E-state index in [2.05, 4.69) is 10.2 Å². The SMILES string of the molecule is NCCC1(CCN)N=N1. The molecule has 1 rings (SSSR count). The summed E-state index contributed by atoms with van der Waals surface area (Å²) in [6.07, 6.45) is 1.70. The Morgan fingerprint density at radius 2 is 1.44 bits per heavy atom. The first kappa shape index (κ1) is 6.64. The highest BCUT2D eigenvalue weighted by Gasteiger charge is 2.37. The van der Waals surface area contributed by atoms with Gasteiger partial charge in [0.1, 0.15) is 0 Å². The Morgan fingerprint density at radius 3 is 1.67 bits per heavy atom. The Balaban J connectivity index is 2.18. The van der Waals surface area contributed by atoms with Crippen molar-refractivity contribution in [2.24, 2.45) is 21.7 Å². The molecule has 0 bridgehead atoms. The molecule has 0 radical (unpaired) electrons. The standard InChI is InChI=1S/C5H12N4/c6-3-1-5(2-4-7)8-9-5/h1-4,6-7H2. The lowest BCUT2D eigenvalue weighted by Gasteiger charge is -2.04. The molecule has 0 aromatic carbocycles. The molecule has 0 aromatic heterocycles. The lowest BCUT2D eigenvalue weighted by Crippen LogP contribution is -2.20. The van der Waals surface area contributed by atoms with Gasteiger partial charge in [-0.05, 0) is 13.1 Å². The topological polar surface area (TPSA) is 76.8 Å². The van der Waals surface area contributed by atoms with E-state index in [-0.39, 0.29) is 5.66 Å². The zero-order valence-electron chi connectivity index (χ0n) is 5.38. The van der Waals surface area contributed by atoms with E-state index in [4.69, 9.17) is 11.5 Å². The maximum absolute atomic E-state index is 5.32. The van der Waals surface area contributed by atoms with E-state index in [0.29, 0.717) is 13.1 Å². The Morgan fingerprint density at radius 1 is 1.00 bits per heavy atom. The summed E-state index contributed by atoms with van der Waals surface area (Å²) in [5.41, 5.74) is 10.5. The van der Waals surface area contributed by atoms with Crippen LogP contribution in [0.1, 0.15) is 12.8 Å². The van der Waals surface area contributed by atoms with Gasteiger partial charge in [0.25, 0.3) is 0 Å². The van der Waals surface area contributed by atoms with E-state index in [1.165, 1.54) is 0 Å². The number of hydrogen-bond donors (Lipinski definition) is 2. The summed E-state index contributed by atoms with van der Waals surface area (Å²) in [6, 6.07) is 0. The van der Waals surface area contributed by atoms with Crippen molar-refractivity contribution in [3.05, 3.63) is 0 Å². The third kappa shape index (κ3) is 1.46. The van der Waals surface area contributed by atoms with Gasteiger partial charge < -0.3 is 11.5 Å². The van der Waals surface area contributed by atoms with Crippen molar-refractivity contribution < 1.29 is 0 Å². The van der Waals surface area contributed by atoms with E-state index in [0.717, 1.165) is 12.8 Å². The monoisotopic (exact) mass is 128 g/mol. The molecule has 0 fully saturated rings. The lowest BCUT2D eigenvalue weighted by atomic mass is 10.1. The molecule has 52 valence electrons.